The van der Waals surface area contributed by atoms with Crippen molar-refractivity contribution in [2.75, 3.05) is 16.3 Å². The van der Waals surface area contributed by atoms with Crippen LogP contribution in [0.4, 0.5) is 11.4 Å². The molecule has 1 aliphatic rings. The molecule has 0 saturated heterocycles. The molecule has 1 atom stereocenters. The number of carbonyl (C=O) groups excluding carboxylic acids is 2. The van der Waals surface area contributed by atoms with Crippen molar-refractivity contribution in [3.8, 4) is 11.5 Å². The molecule has 2 amide bonds. The Morgan fingerprint density at radius 1 is 1.07 bits per heavy atom. The SMILES string of the molecule is CC(=O)N1c2ccccc2N(C(=O)Cc2nc(-c3ccccc3)oc2C)C[C@@H]1C. The number of hydrogen-bond acceptors (Lipinski definition) is 4. The summed E-state index contributed by atoms with van der Waals surface area (Å²) in [5.41, 5.74) is 3.01. The van der Waals surface area contributed by atoms with Crippen molar-refractivity contribution in [1.29, 1.82) is 0 Å². The van der Waals surface area contributed by atoms with Crippen molar-refractivity contribution in [3.63, 3.8) is 0 Å². The summed E-state index contributed by atoms with van der Waals surface area (Å²) in [6.07, 6.45) is 0.142. The molecule has 0 saturated carbocycles. The van der Waals surface area contributed by atoms with Gasteiger partial charge in [-0.2, -0.15) is 0 Å². The molecule has 0 spiro atoms. The molecule has 0 bridgehead atoms. The molecule has 6 heteroatoms. The fraction of sp³-hybridized carbons (Fsp3) is 0.261. The number of para-hydroxylation sites is 2. The molecular weight excluding hydrogens is 366 g/mol. The summed E-state index contributed by atoms with van der Waals surface area (Å²) in [7, 11) is 0. The first-order valence-corrected chi connectivity index (χ1v) is 9.66. The third-order valence-corrected chi connectivity index (χ3v) is 5.19. The number of benzene rings is 2. The summed E-state index contributed by atoms with van der Waals surface area (Å²) in [5, 5.41) is 0. The second-order valence-corrected chi connectivity index (χ2v) is 7.30. The van der Waals surface area contributed by atoms with Gasteiger partial charge in [0.15, 0.2) is 0 Å². The lowest BCUT2D eigenvalue weighted by molar-refractivity contribution is -0.119. The number of nitrogens with zero attached hydrogens (tertiary/aromatic N) is 3. The maximum Gasteiger partial charge on any atom is 0.233 e. The normalized spacial score (nSPS) is 15.9. The van der Waals surface area contributed by atoms with Gasteiger partial charge >= 0.3 is 0 Å². The standard InChI is InChI=1S/C23H23N3O3/c1-15-14-25(20-11-7-8-12-21(20)26(15)17(3)27)22(28)13-19-16(2)29-23(24-19)18-9-5-4-6-10-18/h4-12,15H,13-14H2,1-3H3/t15-/m0/s1. The van der Waals surface area contributed by atoms with E-state index in [0.717, 1.165) is 16.9 Å². The first-order valence-electron chi connectivity index (χ1n) is 9.66. The fourth-order valence-corrected chi connectivity index (χ4v) is 3.83. The van der Waals surface area contributed by atoms with Gasteiger partial charge in [0, 0.05) is 19.0 Å². The Bertz CT molecular complexity index is 1060. The maximum atomic E-state index is 13.2. The van der Waals surface area contributed by atoms with Gasteiger partial charge in [-0.15, -0.1) is 0 Å². The molecule has 3 aromatic rings. The molecular formula is C23H23N3O3. The molecule has 4 rings (SSSR count). The number of rotatable bonds is 3. The van der Waals surface area contributed by atoms with Crippen LogP contribution < -0.4 is 9.80 Å². The van der Waals surface area contributed by atoms with Crippen LogP contribution in [0, 0.1) is 6.92 Å². The van der Waals surface area contributed by atoms with Gasteiger partial charge in [-0.05, 0) is 38.1 Å². The Hall–Kier alpha value is -3.41. The number of hydrogen-bond donors (Lipinski definition) is 0. The molecule has 2 heterocycles. The zero-order chi connectivity index (χ0) is 20.5. The molecule has 1 aliphatic heterocycles. The average molecular weight is 389 g/mol. The number of aromatic nitrogens is 1. The van der Waals surface area contributed by atoms with Crippen molar-refractivity contribution in [3.05, 3.63) is 66.1 Å². The Morgan fingerprint density at radius 3 is 2.41 bits per heavy atom. The molecule has 0 fully saturated rings. The van der Waals surface area contributed by atoms with Crippen LogP contribution in [-0.4, -0.2) is 29.4 Å². The Kier molecular flexibility index (Phi) is 4.92. The van der Waals surface area contributed by atoms with Gasteiger partial charge in [-0.1, -0.05) is 30.3 Å². The lowest BCUT2D eigenvalue weighted by Gasteiger charge is -2.40. The molecule has 0 aliphatic carbocycles. The third-order valence-electron chi connectivity index (χ3n) is 5.19. The topological polar surface area (TPSA) is 66.7 Å². The average Bonchev–Trinajstić information content (AvgIpc) is 3.08. The van der Waals surface area contributed by atoms with Gasteiger partial charge in [0.05, 0.1) is 29.5 Å². The van der Waals surface area contributed by atoms with Crippen molar-refractivity contribution < 1.29 is 14.0 Å². The Morgan fingerprint density at radius 2 is 1.72 bits per heavy atom. The van der Waals surface area contributed by atoms with E-state index in [2.05, 4.69) is 4.98 Å². The van der Waals surface area contributed by atoms with Crippen molar-refractivity contribution in [2.45, 2.75) is 33.2 Å². The van der Waals surface area contributed by atoms with Crippen LogP contribution in [0.1, 0.15) is 25.3 Å². The predicted octanol–water partition coefficient (Wildman–Crippen LogP) is 3.98. The summed E-state index contributed by atoms with van der Waals surface area (Å²) in [4.78, 5) is 33.4. The summed E-state index contributed by atoms with van der Waals surface area (Å²) in [5.74, 6) is 1.06. The van der Waals surface area contributed by atoms with E-state index in [4.69, 9.17) is 4.42 Å². The van der Waals surface area contributed by atoms with E-state index in [1.807, 2.05) is 68.4 Å². The van der Waals surface area contributed by atoms with E-state index in [0.29, 0.717) is 23.9 Å². The fourth-order valence-electron chi connectivity index (χ4n) is 3.83. The van der Waals surface area contributed by atoms with Crippen LogP contribution in [0.15, 0.2) is 59.0 Å². The van der Waals surface area contributed by atoms with Gasteiger partial charge in [-0.25, -0.2) is 4.98 Å². The first-order chi connectivity index (χ1) is 14.0. The number of carbonyl (C=O) groups is 2. The zero-order valence-electron chi connectivity index (χ0n) is 16.8. The monoisotopic (exact) mass is 389 g/mol. The van der Waals surface area contributed by atoms with Gasteiger partial charge in [0.25, 0.3) is 0 Å². The summed E-state index contributed by atoms with van der Waals surface area (Å²) >= 11 is 0. The minimum absolute atomic E-state index is 0.0307. The highest BCUT2D eigenvalue weighted by atomic mass is 16.4. The molecule has 148 valence electrons. The first kappa shape index (κ1) is 18.9. The number of fused-ring (bicyclic) bond motifs is 1. The Balaban J connectivity index is 1.62. The largest absolute Gasteiger partial charge is 0.441 e. The van der Waals surface area contributed by atoms with Crippen molar-refractivity contribution in [2.24, 2.45) is 0 Å². The smallest absolute Gasteiger partial charge is 0.233 e. The zero-order valence-corrected chi connectivity index (χ0v) is 16.8. The van der Waals surface area contributed by atoms with Crippen molar-refractivity contribution >= 4 is 23.2 Å². The van der Waals surface area contributed by atoms with E-state index in [1.54, 1.807) is 16.7 Å². The molecule has 0 unspecified atom stereocenters. The summed E-state index contributed by atoms with van der Waals surface area (Å²) in [6, 6.07) is 17.0. The summed E-state index contributed by atoms with van der Waals surface area (Å²) < 4.78 is 5.79. The van der Waals surface area contributed by atoms with Crippen LogP contribution in [0.3, 0.4) is 0 Å². The Labute approximate surface area is 169 Å². The number of amides is 2. The molecule has 29 heavy (non-hydrogen) atoms. The highest BCUT2D eigenvalue weighted by Gasteiger charge is 2.33. The lowest BCUT2D eigenvalue weighted by Crippen LogP contribution is -2.51. The second kappa shape index (κ2) is 7.54. The van der Waals surface area contributed by atoms with E-state index in [9.17, 15) is 9.59 Å². The highest BCUT2D eigenvalue weighted by Crippen LogP contribution is 2.36. The van der Waals surface area contributed by atoms with E-state index >= 15 is 0 Å². The molecule has 6 nitrogen and oxygen atoms in total. The third kappa shape index (κ3) is 3.53. The lowest BCUT2D eigenvalue weighted by atomic mass is 10.1. The van der Waals surface area contributed by atoms with Gasteiger partial charge in [0.2, 0.25) is 17.7 Å². The summed E-state index contributed by atoms with van der Waals surface area (Å²) in [6.45, 7) is 5.77. The van der Waals surface area contributed by atoms with Crippen LogP contribution in [0.5, 0.6) is 0 Å². The molecule has 2 aromatic carbocycles. The number of anilines is 2. The predicted molar refractivity (Wildman–Crippen MR) is 112 cm³/mol. The molecule has 0 N–H and O–H groups in total. The van der Waals surface area contributed by atoms with Crippen LogP contribution in [0.25, 0.3) is 11.5 Å². The van der Waals surface area contributed by atoms with Gasteiger partial charge in [0.1, 0.15) is 5.76 Å². The van der Waals surface area contributed by atoms with Crippen LogP contribution >= 0.6 is 0 Å². The highest BCUT2D eigenvalue weighted by molar-refractivity contribution is 6.04. The molecule has 1 aromatic heterocycles. The molecule has 0 radical (unpaired) electrons. The second-order valence-electron chi connectivity index (χ2n) is 7.30. The van der Waals surface area contributed by atoms with E-state index in [-0.39, 0.29) is 24.3 Å². The maximum absolute atomic E-state index is 13.2. The van der Waals surface area contributed by atoms with Gasteiger partial charge < -0.3 is 14.2 Å². The number of oxazole rings is 1. The minimum atomic E-state index is -0.107. The van der Waals surface area contributed by atoms with Crippen LogP contribution in [-0.2, 0) is 16.0 Å². The minimum Gasteiger partial charge on any atom is -0.441 e. The van der Waals surface area contributed by atoms with Gasteiger partial charge in [-0.3, -0.25) is 9.59 Å². The van der Waals surface area contributed by atoms with Crippen LogP contribution in [0.2, 0.25) is 0 Å². The van der Waals surface area contributed by atoms with E-state index in [1.165, 1.54) is 0 Å². The van der Waals surface area contributed by atoms with Crippen molar-refractivity contribution in [1.82, 2.24) is 4.98 Å². The van der Waals surface area contributed by atoms with E-state index < -0.39 is 0 Å². The quantitative estimate of drug-likeness (QED) is 0.680. The number of aryl methyl sites for hydroxylation is 1.